The lowest BCUT2D eigenvalue weighted by molar-refractivity contribution is -0.278. The lowest BCUT2D eigenvalue weighted by Gasteiger charge is -2.45. The molecular weight excluding hydrogens is 620 g/mol. The summed E-state index contributed by atoms with van der Waals surface area (Å²) in [6.45, 7) is 3.23. The van der Waals surface area contributed by atoms with Crippen molar-refractivity contribution >= 4 is 35.9 Å². The number of amides is 2. The van der Waals surface area contributed by atoms with Crippen LogP contribution < -0.4 is 10.6 Å². The Morgan fingerprint density at radius 2 is 1.36 bits per heavy atom. The number of nitrogens with one attached hydrogen (secondary N) is 2. The van der Waals surface area contributed by atoms with Crippen LogP contribution in [0.4, 0.5) is 4.79 Å². The summed E-state index contributed by atoms with van der Waals surface area (Å²) in [4.78, 5) is 72.6. The molecule has 1 saturated heterocycles. The molecule has 47 heavy (non-hydrogen) atoms. The van der Waals surface area contributed by atoms with Crippen LogP contribution in [0.15, 0.2) is 48.5 Å². The van der Waals surface area contributed by atoms with Crippen molar-refractivity contribution in [3.8, 4) is 11.1 Å². The molecule has 1 aliphatic carbocycles. The number of fused-ring (bicyclic) bond motifs is 3. The second-order valence-corrected chi connectivity index (χ2v) is 10.9. The average Bonchev–Trinajstić information content (AvgIpc) is 3.32. The molecule has 0 radical (unpaired) electrons. The molecule has 0 saturated carbocycles. The molecule has 4 rings (SSSR count). The summed E-state index contributed by atoms with van der Waals surface area (Å²) in [7, 11) is 0. The second-order valence-electron chi connectivity index (χ2n) is 10.9. The van der Waals surface area contributed by atoms with Gasteiger partial charge in [0.25, 0.3) is 0 Å². The molecule has 2 amide bonds. The Labute approximate surface area is 269 Å². The topological polar surface area (TPSA) is 202 Å². The van der Waals surface area contributed by atoms with E-state index in [-0.39, 0.29) is 12.5 Å². The maximum Gasteiger partial charge on any atom is 0.407 e. The standard InChI is InChI=1S/C32H36N2O13/c1-16(35)33-27-29(46-19(4)38)28(45-18(3)37)26(15-42-17(2)36)47-31(27)43-14-25(30(39)40)34-32(41)44-13-24-22-11-7-5-9-20(22)21-10-6-8-12-23(21)24/h5-12,24-29,31H,13-15H2,1-4H3,(H,33,35)(H,34,41)(H,39,40)/t25-,26+,27+,28+,29+,31+/m0/s1. The maximum absolute atomic E-state index is 12.8. The van der Waals surface area contributed by atoms with Crippen molar-refractivity contribution in [1.29, 1.82) is 0 Å². The number of hydrogen-bond acceptors (Lipinski definition) is 12. The molecule has 1 aliphatic heterocycles. The number of alkyl carbamates (subject to hydrolysis) is 1. The van der Waals surface area contributed by atoms with Crippen molar-refractivity contribution in [3.05, 3.63) is 59.7 Å². The second kappa shape index (κ2) is 15.5. The number of carbonyl (C=O) groups excluding carboxylic acids is 5. The zero-order chi connectivity index (χ0) is 34.2. The van der Waals surface area contributed by atoms with Gasteiger partial charge in [0.15, 0.2) is 24.5 Å². The van der Waals surface area contributed by atoms with E-state index in [1.807, 2.05) is 48.5 Å². The number of aliphatic carboxylic acids is 1. The molecule has 0 bridgehead atoms. The predicted molar refractivity (Wildman–Crippen MR) is 160 cm³/mol. The fourth-order valence-electron chi connectivity index (χ4n) is 5.58. The molecule has 6 atom stereocenters. The number of carboxylic acid groups (broad SMARTS) is 1. The van der Waals surface area contributed by atoms with E-state index in [4.69, 9.17) is 28.4 Å². The summed E-state index contributed by atoms with van der Waals surface area (Å²) in [6, 6.07) is 12.5. The monoisotopic (exact) mass is 656 g/mol. The van der Waals surface area contributed by atoms with Gasteiger partial charge in [0.05, 0.1) is 6.61 Å². The molecule has 2 aliphatic rings. The Hall–Kier alpha value is -5.02. The number of benzene rings is 2. The Bertz CT molecular complexity index is 1470. The third kappa shape index (κ3) is 8.83. The summed E-state index contributed by atoms with van der Waals surface area (Å²) in [5.74, 6) is -4.65. The van der Waals surface area contributed by atoms with Crippen LogP contribution in [0, 0.1) is 0 Å². The van der Waals surface area contributed by atoms with Gasteiger partial charge in [0.2, 0.25) is 5.91 Å². The van der Waals surface area contributed by atoms with Crippen molar-refractivity contribution in [3.63, 3.8) is 0 Å². The van der Waals surface area contributed by atoms with Gasteiger partial charge in [0.1, 0.15) is 25.4 Å². The number of carboxylic acids is 1. The third-order valence-electron chi connectivity index (χ3n) is 7.43. The van der Waals surface area contributed by atoms with E-state index in [2.05, 4.69) is 10.6 Å². The first-order chi connectivity index (χ1) is 22.3. The minimum Gasteiger partial charge on any atom is -0.480 e. The molecule has 2 aromatic rings. The summed E-state index contributed by atoms with van der Waals surface area (Å²) < 4.78 is 32.8. The normalized spacial score (nSPS) is 22.1. The van der Waals surface area contributed by atoms with Gasteiger partial charge in [-0.2, -0.15) is 0 Å². The van der Waals surface area contributed by atoms with Crippen LogP contribution in [0.5, 0.6) is 0 Å². The first-order valence-corrected chi connectivity index (χ1v) is 14.7. The highest BCUT2D eigenvalue weighted by molar-refractivity contribution is 5.81. The molecule has 15 heteroatoms. The van der Waals surface area contributed by atoms with Crippen molar-refractivity contribution < 1.29 is 62.3 Å². The molecule has 252 valence electrons. The highest BCUT2D eigenvalue weighted by atomic mass is 16.7. The number of hydrogen-bond donors (Lipinski definition) is 3. The fraction of sp³-hybridized carbons (Fsp3) is 0.438. The number of rotatable bonds is 12. The van der Waals surface area contributed by atoms with Crippen LogP contribution in [-0.4, -0.2) is 97.5 Å². The van der Waals surface area contributed by atoms with Gasteiger partial charge in [-0.3, -0.25) is 19.2 Å². The van der Waals surface area contributed by atoms with Crippen LogP contribution in [0.3, 0.4) is 0 Å². The van der Waals surface area contributed by atoms with E-state index < -0.39 is 85.8 Å². The summed E-state index contributed by atoms with van der Waals surface area (Å²) in [5.41, 5.74) is 3.97. The van der Waals surface area contributed by atoms with Gasteiger partial charge >= 0.3 is 30.0 Å². The minimum atomic E-state index is -1.66. The van der Waals surface area contributed by atoms with Crippen molar-refractivity contribution in [2.45, 2.75) is 70.3 Å². The third-order valence-corrected chi connectivity index (χ3v) is 7.43. The van der Waals surface area contributed by atoms with Gasteiger partial charge in [-0.25, -0.2) is 9.59 Å². The van der Waals surface area contributed by atoms with E-state index in [9.17, 15) is 33.9 Å². The largest absolute Gasteiger partial charge is 0.480 e. The van der Waals surface area contributed by atoms with Crippen LogP contribution >= 0.6 is 0 Å². The lowest BCUT2D eigenvalue weighted by Crippen LogP contribution is -2.67. The smallest absolute Gasteiger partial charge is 0.407 e. The number of ether oxygens (including phenoxy) is 6. The Morgan fingerprint density at radius 3 is 1.89 bits per heavy atom. The van der Waals surface area contributed by atoms with Gasteiger partial charge in [0, 0.05) is 33.6 Å². The van der Waals surface area contributed by atoms with E-state index in [1.54, 1.807) is 0 Å². The van der Waals surface area contributed by atoms with Crippen LogP contribution in [0.2, 0.25) is 0 Å². The highest BCUT2D eigenvalue weighted by Crippen LogP contribution is 2.44. The maximum atomic E-state index is 12.8. The lowest BCUT2D eigenvalue weighted by atomic mass is 9.96. The van der Waals surface area contributed by atoms with Gasteiger partial charge in [-0.05, 0) is 22.3 Å². The van der Waals surface area contributed by atoms with E-state index in [0.717, 1.165) is 49.9 Å². The molecular formula is C32H36N2O13. The van der Waals surface area contributed by atoms with E-state index in [1.165, 1.54) is 0 Å². The molecule has 3 N–H and O–H groups in total. The zero-order valence-electron chi connectivity index (χ0n) is 26.1. The average molecular weight is 657 g/mol. The molecule has 0 spiro atoms. The van der Waals surface area contributed by atoms with Crippen LogP contribution in [-0.2, 0) is 52.4 Å². The van der Waals surface area contributed by atoms with E-state index >= 15 is 0 Å². The molecule has 0 unspecified atom stereocenters. The summed E-state index contributed by atoms with van der Waals surface area (Å²) in [5, 5.41) is 14.6. The molecule has 2 aromatic carbocycles. The fourth-order valence-corrected chi connectivity index (χ4v) is 5.58. The first kappa shape index (κ1) is 34.8. The number of esters is 3. The van der Waals surface area contributed by atoms with Crippen molar-refractivity contribution in [2.75, 3.05) is 19.8 Å². The van der Waals surface area contributed by atoms with Crippen molar-refractivity contribution in [1.82, 2.24) is 10.6 Å². The minimum absolute atomic E-state index is 0.0666. The molecule has 15 nitrogen and oxygen atoms in total. The Kier molecular flexibility index (Phi) is 11.5. The highest BCUT2D eigenvalue weighted by Gasteiger charge is 2.51. The van der Waals surface area contributed by atoms with Crippen LogP contribution in [0.25, 0.3) is 11.1 Å². The first-order valence-electron chi connectivity index (χ1n) is 14.7. The van der Waals surface area contributed by atoms with Gasteiger partial charge in [-0.1, -0.05) is 48.5 Å². The zero-order valence-corrected chi connectivity index (χ0v) is 26.1. The van der Waals surface area contributed by atoms with Gasteiger partial charge < -0.3 is 44.2 Å². The summed E-state index contributed by atoms with van der Waals surface area (Å²) in [6.07, 6.45) is -6.58. The van der Waals surface area contributed by atoms with E-state index in [0.29, 0.717) is 0 Å². The number of carbonyl (C=O) groups is 6. The van der Waals surface area contributed by atoms with Gasteiger partial charge in [-0.15, -0.1) is 0 Å². The Morgan fingerprint density at radius 1 is 0.787 bits per heavy atom. The molecule has 0 aromatic heterocycles. The van der Waals surface area contributed by atoms with Crippen molar-refractivity contribution in [2.24, 2.45) is 0 Å². The molecule has 1 fully saturated rings. The predicted octanol–water partition coefficient (Wildman–Crippen LogP) is 1.65. The molecule has 1 heterocycles. The SMILES string of the molecule is CC(=O)N[C@H]1[C@H](OC[C@H](NC(=O)OCC2c3ccccc3-c3ccccc32)C(=O)O)O[C@H](COC(C)=O)[C@@H](OC(C)=O)[C@@H]1OC(C)=O. The summed E-state index contributed by atoms with van der Waals surface area (Å²) >= 11 is 0. The van der Waals surface area contributed by atoms with Crippen LogP contribution in [0.1, 0.15) is 44.7 Å². The quantitative estimate of drug-likeness (QED) is 0.220. The Balaban J connectivity index is 1.48.